The first-order chi connectivity index (χ1) is 4.35. The van der Waals surface area contributed by atoms with E-state index in [1.807, 2.05) is 0 Å². The maximum atomic E-state index is 8.14. The van der Waals surface area contributed by atoms with Gasteiger partial charge in [-0.1, -0.05) is 20.3 Å². The lowest BCUT2D eigenvalue weighted by atomic mass is 10.0. The van der Waals surface area contributed by atoms with Crippen molar-refractivity contribution in [1.29, 1.82) is 0 Å². The van der Waals surface area contributed by atoms with Crippen LogP contribution in [-0.2, 0) is 0 Å². The molecule has 0 aliphatic rings. The molecule has 2 heteroatoms. The molecule has 0 aliphatic carbocycles. The summed E-state index contributed by atoms with van der Waals surface area (Å²) >= 11 is 0. The topological polar surface area (TPSA) is 32.6 Å². The van der Waals surface area contributed by atoms with Crippen molar-refractivity contribution in [3.63, 3.8) is 0 Å². The molecule has 0 spiro atoms. The van der Waals surface area contributed by atoms with Gasteiger partial charge in [0.15, 0.2) is 0 Å². The molecule has 0 rings (SSSR count). The SMILES string of the molecule is [CH2]CC(/C=N\O)CCC. The standard InChI is InChI=1S/C7H14NO/c1-3-5-7(4-2)6-8-9/h6-7,9H,2-5H2,1H3/b8-6-. The average molecular weight is 128 g/mol. The smallest absolute Gasteiger partial charge is 0.0466 e. The van der Waals surface area contributed by atoms with Gasteiger partial charge in [-0.3, -0.25) is 0 Å². The maximum Gasteiger partial charge on any atom is 0.0466 e. The van der Waals surface area contributed by atoms with Gasteiger partial charge in [0.1, 0.15) is 0 Å². The molecule has 0 aromatic rings. The van der Waals surface area contributed by atoms with E-state index in [0.29, 0.717) is 5.92 Å². The van der Waals surface area contributed by atoms with Gasteiger partial charge >= 0.3 is 0 Å². The zero-order valence-corrected chi connectivity index (χ0v) is 5.88. The van der Waals surface area contributed by atoms with Crippen LogP contribution in [0.1, 0.15) is 26.2 Å². The molecule has 2 nitrogen and oxygen atoms in total. The first-order valence-corrected chi connectivity index (χ1v) is 3.32. The van der Waals surface area contributed by atoms with Crippen LogP contribution < -0.4 is 0 Å². The molecule has 1 radical (unpaired) electrons. The largest absolute Gasteiger partial charge is 0.411 e. The third-order valence-corrected chi connectivity index (χ3v) is 1.31. The Morgan fingerprint density at radius 3 is 2.78 bits per heavy atom. The van der Waals surface area contributed by atoms with Crippen molar-refractivity contribution in [3.8, 4) is 0 Å². The second-order valence-electron chi connectivity index (χ2n) is 2.10. The van der Waals surface area contributed by atoms with Gasteiger partial charge in [0, 0.05) is 6.21 Å². The van der Waals surface area contributed by atoms with E-state index in [1.54, 1.807) is 6.21 Å². The fraction of sp³-hybridized carbons (Fsp3) is 0.714. The van der Waals surface area contributed by atoms with Gasteiger partial charge in [-0.25, -0.2) is 0 Å². The lowest BCUT2D eigenvalue weighted by molar-refractivity contribution is 0.317. The summed E-state index contributed by atoms with van der Waals surface area (Å²) in [4.78, 5) is 0. The summed E-state index contributed by atoms with van der Waals surface area (Å²) < 4.78 is 0. The third-order valence-electron chi connectivity index (χ3n) is 1.31. The fourth-order valence-corrected chi connectivity index (χ4v) is 0.758. The molecule has 9 heavy (non-hydrogen) atoms. The van der Waals surface area contributed by atoms with Crippen molar-refractivity contribution in [3.05, 3.63) is 6.92 Å². The predicted molar refractivity (Wildman–Crippen MR) is 38.7 cm³/mol. The Balaban J connectivity index is 3.41. The van der Waals surface area contributed by atoms with Gasteiger partial charge in [-0.15, -0.1) is 5.16 Å². The van der Waals surface area contributed by atoms with Crippen molar-refractivity contribution in [1.82, 2.24) is 0 Å². The highest BCUT2D eigenvalue weighted by atomic mass is 16.4. The minimum atomic E-state index is 0.361. The highest BCUT2D eigenvalue weighted by Gasteiger charge is 1.99. The highest BCUT2D eigenvalue weighted by Crippen LogP contribution is 2.06. The molecular formula is C7H14NO. The molecule has 0 amide bonds. The van der Waals surface area contributed by atoms with Crippen LogP contribution >= 0.6 is 0 Å². The number of hydrogen-bond acceptors (Lipinski definition) is 2. The van der Waals surface area contributed by atoms with E-state index in [0.717, 1.165) is 19.3 Å². The minimum absolute atomic E-state index is 0.361. The molecular weight excluding hydrogens is 114 g/mol. The summed E-state index contributed by atoms with van der Waals surface area (Å²) in [5.41, 5.74) is 0. The molecule has 0 aromatic carbocycles. The Morgan fingerprint density at radius 1 is 1.78 bits per heavy atom. The summed E-state index contributed by atoms with van der Waals surface area (Å²) in [6, 6.07) is 0. The average Bonchev–Trinajstić information content (AvgIpc) is 1.88. The lowest BCUT2D eigenvalue weighted by Crippen LogP contribution is -1.98. The Labute approximate surface area is 56.6 Å². The van der Waals surface area contributed by atoms with Crippen LogP contribution in [0, 0.1) is 12.8 Å². The number of oxime groups is 1. The number of rotatable bonds is 4. The summed E-state index contributed by atoms with van der Waals surface area (Å²) in [7, 11) is 0. The van der Waals surface area contributed by atoms with Crippen LogP contribution in [0.5, 0.6) is 0 Å². The van der Waals surface area contributed by atoms with Crippen molar-refractivity contribution in [2.75, 3.05) is 0 Å². The van der Waals surface area contributed by atoms with Gasteiger partial charge in [0.25, 0.3) is 0 Å². The summed E-state index contributed by atoms with van der Waals surface area (Å²) in [6.45, 7) is 5.83. The minimum Gasteiger partial charge on any atom is -0.411 e. The summed E-state index contributed by atoms with van der Waals surface area (Å²) in [6.07, 6.45) is 4.55. The van der Waals surface area contributed by atoms with Gasteiger partial charge in [0.2, 0.25) is 0 Å². The van der Waals surface area contributed by atoms with Crippen LogP contribution in [0.15, 0.2) is 5.16 Å². The number of hydrogen-bond donors (Lipinski definition) is 1. The number of nitrogens with zero attached hydrogens (tertiary/aromatic N) is 1. The second-order valence-corrected chi connectivity index (χ2v) is 2.10. The molecule has 0 fully saturated rings. The van der Waals surface area contributed by atoms with Gasteiger partial charge < -0.3 is 5.21 Å². The van der Waals surface area contributed by atoms with Crippen molar-refractivity contribution in [2.24, 2.45) is 11.1 Å². The quantitative estimate of drug-likeness (QED) is 0.351. The van der Waals surface area contributed by atoms with Gasteiger partial charge in [-0.05, 0) is 18.8 Å². The molecule has 53 valence electrons. The zero-order chi connectivity index (χ0) is 7.11. The van der Waals surface area contributed by atoms with E-state index < -0.39 is 0 Å². The van der Waals surface area contributed by atoms with Crippen LogP contribution in [0.25, 0.3) is 0 Å². The fourth-order valence-electron chi connectivity index (χ4n) is 0.758. The van der Waals surface area contributed by atoms with Gasteiger partial charge in [0.05, 0.1) is 0 Å². The first-order valence-electron chi connectivity index (χ1n) is 3.32. The normalized spacial score (nSPS) is 14.4. The van der Waals surface area contributed by atoms with E-state index in [9.17, 15) is 0 Å². The highest BCUT2D eigenvalue weighted by molar-refractivity contribution is 5.59. The van der Waals surface area contributed by atoms with Crippen molar-refractivity contribution < 1.29 is 5.21 Å². The maximum absolute atomic E-state index is 8.14. The molecule has 0 bridgehead atoms. The van der Waals surface area contributed by atoms with E-state index in [2.05, 4.69) is 19.0 Å². The molecule has 0 saturated heterocycles. The Morgan fingerprint density at radius 2 is 2.44 bits per heavy atom. The van der Waals surface area contributed by atoms with E-state index >= 15 is 0 Å². The Hall–Kier alpha value is -0.530. The van der Waals surface area contributed by atoms with E-state index in [4.69, 9.17) is 5.21 Å². The predicted octanol–water partition coefficient (Wildman–Crippen LogP) is 2.09. The molecule has 1 unspecified atom stereocenters. The van der Waals surface area contributed by atoms with Crippen molar-refractivity contribution >= 4 is 6.21 Å². The van der Waals surface area contributed by atoms with Crippen LogP contribution in [0.4, 0.5) is 0 Å². The van der Waals surface area contributed by atoms with E-state index in [1.165, 1.54) is 0 Å². The third kappa shape index (κ3) is 4.01. The second kappa shape index (κ2) is 5.60. The molecule has 0 heterocycles. The zero-order valence-electron chi connectivity index (χ0n) is 5.88. The summed E-state index contributed by atoms with van der Waals surface area (Å²) in [5, 5.41) is 11.1. The molecule has 0 aromatic heterocycles. The lowest BCUT2D eigenvalue weighted by Gasteiger charge is -2.03. The molecule has 1 N–H and O–H groups in total. The molecule has 0 aliphatic heterocycles. The van der Waals surface area contributed by atoms with Gasteiger partial charge in [-0.2, -0.15) is 0 Å². The monoisotopic (exact) mass is 128 g/mol. The first kappa shape index (κ1) is 8.47. The van der Waals surface area contributed by atoms with Crippen LogP contribution in [0.2, 0.25) is 0 Å². The summed E-state index contributed by atoms with van der Waals surface area (Å²) in [5.74, 6) is 0.361. The molecule has 0 saturated carbocycles. The Kier molecular flexibility index (Phi) is 5.27. The van der Waals surface area contributed by atoms with Crippen LogP contribution in [-0.4, -0.2) is 11.4 Å². The van der Waals surface area contributed by atoms with E-state index in [-0.39, 0.29) is 0 Å². The van der Waals surface area contributed by atoms with Crippen LogP contribution in [0.3, 0.4) is 0 Å². The van der Waals surface area contributed by atoms with Crippen molar-refractivity contribution in [2.45, 2.75) is 26.2 Å². The Bertz CT molecular complexity index is 81.0. The molecule has 1 atom stereocenters.